The summed E-state index contributed by atoms with van der Waals surface area (Å²) >= 11 is 1.94. The van der Waals surface area contributed by atoms with Crippen LogP contribution in [0.3, 0.4) is 0 Å². The minimum atomic E-state index is 0.616. The first kappa shape index (κ1) is 14.3. The van der Waals surface area contributed by atoms with Gasteiger partial charge in [0.25, 0.3) is 0 Å². The average Bonchev–Trinajstić information content (AvgIpc) is 2.29. The smallest absolute Gasteiger partial charge is 0.0221 e. The number of rotatable bonds is 6. The van der Waals surface area contributed by atoms with E-state index < -0.39 is 0 Å². The molecule has 3 atom stereocenters. The van der Waals surface area contributed by atoms with Crippen LogP contribution in [0.2, 0.25) is 0 Å². The molecule has 2 nitrogen and oxygen atoms in total. The van der Waals surface area contributed by atoms with E-state index in [9.17, 15) is 0 Å². The van der Waals surface area contributed by atoms with Crippen molar-refractivity contribution >= 4 is 11.8 Å². The van der Waals surface area contributed by atoms with E-state index in [1.165, 1.54) is 38.0 Å². The lowest BCUT2D eigenvalue weighted by molar-refractivity contribution is 0.0672. The lowest BCUT2D eigenvalue weighted by Crippen LogP contribution is -2.51. The summed E-state index contributed by atoms with van der Waals surface area (Å²) in [5.41, 5.74) is 5.95. The number of nitrogens with zero attached hydrogens (tertiary/aromatic N) is 1. The van der Waals surface area contributed by atoms with Crippen LogP contribution in [0.15, 0.2) is 0 Å². The van der Waals surface area contributed by atoms with E-state index in [0.717, 1.165) is 18.5 Å². The highest BCUT2D eigenvalue weighted by molar-refractivity contribution is 7.98. The van der Waals surface area contributed by atoms with Crippen LogP contribution < -0.4 is 5.73 Å². The number of likely N-dealkylation sites (tertiary alicyclic amines) is 1. The Morgan fingerprint density at radius 2 is 2.19 bits per heavy atom. The van der Waals surface area contributed by atoms with Crippen molar-refractivity contribution in [1.82, 2.24) is 4.90 Å². The molecule has 1 saturated heterocycles. The van der Waals surface area contributed by atoms with Crippen LogP contribution in [0, 0.1) is 5.92 Å². The number of hydrogen-bond acceptors (Lipinski definition) is 3. The zero-order valence-corrected chi connectivity index (χ0v) is 11.9. The second kappa shape index (κ2) is 7.57. The number of nitrogens with two attached hydrogens (primary N) is 1. The van der Waals surface area contributed by atoms with E-state index in [0.29, 0.717) is 6.04 Å². The maximum atomic E-state index is 5.95. The predicted molar refractivity (Wildman–Crippen MR) is 75.0 cm³/mol. The van der Waals surface area contributed by atoms with Gasteiger partial charge in [-0.15, -0.1) is 0 Å². The third kappa shape index (κ3) is 3.94. The Morgan fingerprint density at radius 1 is 1.44 bits per heavy atom. The van der Waals surface area contributed by atoms with Crippen LogP contribution in [-0.4, -0.2) is 42.1 Å². The molecule has 96 valence electrons. The normalized spacial score (nSPS) is 29.2. The van der Waals surface area contributed by atoms with Gasteiger partial charge in [-0.3, -0.25) is 4.90 Å². The molecule has 0 bridgehead atoms. The van der Waals surface area contributed by atoms with Gasteiger partial charge in [-0.1, -0.05) is 6.92 Å². The molecule has 16 heavy (non-hydrogen) atoms. The van der Waals surface area contributed by atoms with E-state index in [-0.39, 0.29) is 0 Å². The monoisotopic (exact) mass is 244 g/mol. The molecule has 1 fully saturated rings. The Balaban J connectivity index is 2.43. The van der Waals surface area contributed by atoms with Crippen LogP contribution >= 0.6 is 11.8 Å². The van der Waals surface area contributed by atoms with Crippen molar-refractivity contribution in [2.45, 2.75) is 51.6 Å². The van der Waals surface area contributed by atoms with E-state index in [2.05, 4.69) is 25.0 Å². The van der Waals surface area contributed by atoms with Crippen LogP contribution in [0.5, 0.6) is 0 Å². The molecular formula is C13H28N2S. The van der Waals surface area contributed by atoms with E-state index in [1.807, 2.05) is 11.8 Å². The Morgan fingerprint density at radius 3 is 2.81 bits per heavy atom. The summed E-state index contributed by atoms with van der Waals surface area (Å²) in [5, 5.41) is 0. The van der Waals surface area contributed by atoms with Gasteiger partial charge in [-0.25, -0.2) is 0 Å². The summed E-state index contributed by atoms with van der Waals surface area (Å²) in [4.78, 5) is 2.66. The van der Waals surface area contributed by atoms with Gasteiger partial charge in [-0.05, 0) is 57.1 Å². The van der Waals surface area contributed by atoms with Gasteiger partial charge in [0.15, 0.2) is 0 Å². The molecular weight excluding hydrogens is 216 g/mol. The van der Waals surface area contributed by atoms with Crippen molar-refractivity contribution in [2.75, 3.05) is 25.1 Å². The molecule has 1 rings (SSSR count). The Bertz CT molecular complexity index is 187. The largest absolute Gasteiger partial charge is 0.329 e. The van der Waals surface area contributed by atoms with Gasteiger partial charge < -0.3 is 5.73 Å². The number of thioether (sulfide) groups is 1. The molecule has 0 radical (unpaired) electrons. The quantitative estimate of drug-likeness (QED) is 0.728. The second-order valence-corrected chi connectivity index (χ2v) is 6.11. The Labute approximate surface area is 105 Å². The average molecular weight is 244 g/mol. The van der Waals surface area contributed by atoms with Crippen LogP contribution in [-0.2, 0) is 0 Å². The Hall–Kier alpha value is 0.270. The van der Waals surface area contributed by atoms with Gasteiger partial charge in [0.2, 0.25) is 0 Å². The third-order valence-corrected chi connectivity index (χ3v) is 4.75. The topological polar surface area (TPSA) is 29.3 Å². The first-order chi connectivity index (χ1) is 7.70. The molecule has 0 aromatic rings. The number of hydrogen-bond donors (Lipinski definition) is 1. The van der Waals surface area contributed by atoms with Gasteiger partial charge in [0.05, 0.1) is 0 Å². The van der Waals surface area contributed by atoms with Gasteiger partial charge in [0, 0.05) is 18.6 Å². The summed E-state index contributed by atoms with van der Waals surface area (Å²) in [6.07, 6.45) is 7.50. The molecule has 0 aliphatic carbocycles. The highest BCUT2D eigenvalue weighted by Gasteiger charge is 2.29. The molecule has 3 heteroatoms. The van der Waals surface area contributed by atoms with E-state index in [4.69, 9.17) is 5.73 Å². The van der Waals surface area contributed by atoms with Crippen LogP contribution in [0.1, 0.15) is 39.5 Å². The highest BCUT2D eigenvalue weighted by atomic mass is 32.2. The SMILES string of the molecule is CSCCCC(CN)N1CCCC(C)C1C. The zero-order valence-electron chi connectivity index (χ0n) is 11.1. The second-order valence-electron chi connectivity index (χ2n) is 5.12. The fraction of sp³-hybridized carbons (Fsp3) is 1.00. The molecule has 2 N–H and O–H groups in total. The first-order valence-corrected chi connectivity index (χ1v) is 8.04. The molecule has 1 aliphatic heterocycles. The lowest BCUT2D eigenvalue weighted by atomic mass is 9.90. The third-order valence-electron chi connectivity index (χ3n) is 4.05. The molecule has 0 aromatic carbocycles. The molecule has 3 unspecified atom stereocenters. The van der Waals surface area contributed by atoms with Crippen molar-refractivity contribution in [1.29, 1.82) is 0 Å². The van der Waals surface area contributed by atoms with Gasteiger partial charge in [0.1, 0.15) is 0 Å². The zero-order chi connectivity index (χ0) is 12.0. The van der Waals surface area contributed by atoms with Crippen LogP contribution in [0.25, 0.3) is 0 Å². The van der Waals surface area contributed by atoms with Crippen molar-refractivity contribution in [2.24, 2.45) is 11.7 Å². The molecule has 0 amide bonds. The molecule has 0 aromatic heterocycles. The maximum Gasteiger partial charge on any atom is 0.0221 e. The van der Waals surface area contributed by atoms with E-state index in [1.54, 1.807) is 0 Å². The molecule has 1 aliphatic rings. The summed E-state index contributed by atoms with van der Waals surface area (Å²) in [5.74, 6) is 2.11. The minimum Gasteiger partial charge on any atom is -0.329 e. The fourth-order valence-corrected chi connectivity index (χ4v) is 3.22. The fourth-order valence-electron chi connectivity index (χ4n) is 2.77. The molecule has 0 saturated carbocycles. The summed E-state index contributed by atoms with van der Waals surface area (Å²) in [6, 6.07) is 1.33. The van der Waals surface area contributed by atoms with Crippen molar-refractivity contribution < 1.29 is 0 Å². The maximum absolute atomic E-state index is 5.95. The van der Waals surface area contributed by atoms with Crippen molar-refractivity contribution in [3.05, 3.63) is 0 Å². The minimum absolute atomic E-state index is 0.616. The highest BCUT2D eigenvalue weighted by Crippen LogP contribution is 2.26. The van der Waals surface area contributed by atoms with Gasteiger partial charge in [-0.2, -0.15) is 11.8 Å². The van der Waals surface area contributed by atoms with Crippen molar-refractivity contribution in [3.63, 3.8) is 0 Å². The van der Waals surface area contributed by atoms with Gasteiger partial charge >= 0.3 is 0 Å². The Kier molecular flexibility index (Phi) is 6.78. The summed E-state index contributed by atoms with van der Waals surface area (Å²) < 4.78 is 0. The summed E-state index contributed by atoms with van der Waals surface area (Å²) in [7, 11) is 0. The predicted octanol–water partition coefficient (Wildman–Crippen LogP) is 2.58. The van der Waals surface area contributed by atoms with Crippen LogP contribution in [0.4, 0.5) is 0 Å². The number of piperidine rings is 1. The standard InChI is InChI=1S/C13H28N2S/c1-11-6-4-8-15(12(11)2)13(10-14)7-5-9-16-3/h11-13H,4-10,14H2,1-3H3. The molecule has 1 heterocycles. The molecule has 0 spiro atoms. The van der Waals surface area contributed by atoms with E-state index >= 15 is 0 Å². The lowest BCUT2D eigenvalue weighted by Gasteiger charge is -2.42. The first-order valence-electron chi connectivity index (χ1n) is 6.65. The summed E-state index contributed by atoms with van der Waals surface area (Å²) in [6.45, 7) is 6.84. The van der Waals surface area contributed by atoms with Crippen molar-refractivity contribution in [3.8, 4) is 0 Å².